The van der Waals surface area contributed by atoms with Crippen molar-refractivity contribution in [2.45, 2.75) is 39.3 Å². The minimum atomic E-state index is -0.782. The molecular formula is C23H24N5O4+. The van der Waals surface area contributed by atoms with Crippen LogP contribution in [-0.4, -0.2) is 32.8 Å². The van der Waals surface area contributed by atoms with Gasteiger partial charge in [-0.1, -0.05) is 18.2 Å². The third-order valence-corrected chi connectivity index (χ3v) is 5.50. The number of imide groups is 1. The number of benzene rings is 2. The minimum absolute atomic E-state index is 0.0838. The molecule has 0 spiro atoms. The average molecular weight is 434 g/mol. The molecule has 0 aliphatic carbocycles. The molecule has 9 heteroatoms. The number of carbonyl (C=O) groups excluding carboxylic acids is 2. The van der Waals surface area contributed by atoms with E-state index in [9.17, 15) is 19.3 Å². The maximum atomic E-state index is 13.2. The third-order valence-electron chi connectivity index (χ3n) is 5.50. The third kappa shape index (κ3) is 4.41. The Hall–Kier alpha value is -3.88. The van der Waals surface area contributed by atoms with Crippen molar-refractivity contribution in [2.75, 3.05) is 12.0 Å². The van der Waals surface area contributed by atoms with Crippen LogP contribution in [0.1, 0.15) is 35.8 Å². The SMILES string of the molecule is Cc1cccc(NC[N+](=O)Cc2ccc3nc(C)n(C4CCC(=O)NC4=O)c(=O)c3c2)c1. The zero-order chi connectivity index (χ0) is 22.8. The maximum Gasteiger partial charge on any atom is 0.264 e. The number of aromatic nitrogens is 2. The summed E-state index contributed by atoms with van der Waals surface area (Å²) in [6.07, 6.45) is 0.413. The molecule has 2 aromatic carbocycles. The van der Waals surface area contributed by atoms with Crippen molar-refractivity contribution in [1.29, 1.82) is 0 Å². The smallest absolute Gasteiger partial charge is 0.264 e. The summed E-state index contributed by atoms with van der Waals surface area (Å²) >= 11 is 0. The quantitative estimate of drug-likeness (QED) is 0.350. The Morgan fingerprint density at radius 1 is 1.16 bits per heavy atom. The van der Waals surface area contributed by atoms with Crippen LogP contribution in [0.2, 0.25) is 0 Å². The van der Waals surface area contributed by atoms with E-state index in [1.165, 1.54) is 4.57 Å². The largest absolute Gasteiger partial charge is 0.327 e. The molecule has 1 atom stereocenters. The van der Waals surface area contributed by atoms with Gasteiger partial charge in [0.05, 0.1) is 10.9 Å². The molecule has 9 nitrogen and oxygen atoms in total. The number of anilines is 1. The van der Waals surface area contributed by atoms with Crippen molar-refractivity contribution in [2.24, 2.45) is 0 Å². The molecule has 4 rings (SSSR count). The van der Waals surface area contributed by atoms with E-state index in [1.54, 1.807) is 25.1 Å². The molecule has 2 heterocycles. The van der Waals surface area contributed by atoms with Gasteiger partial charge in [-0.3, -0.25) is 24.3 Å². The van der Waals surface area contributed by atoms with Crippen LogP contribution in [0.4, 0.5) is 5.69 Å². The second-order valence-corrected chi connectivity index (χ2v) is 8.00. The van der Waals surface area contributed by atoms with Gasteiger partial charge in [-0.15, -0.1) is 0 Å². The highest BCUT2D eigenvalue weighted by atomic mass is 16.3. The van der Waals surface area contributed by atoms with E-state index in [0.29, 0.717) is 22.3 Å². The first-order valence-electron chi connectivity index (χ1n) is 10.4. The lowest BCUT2D eigenvalue weighted by atomic mass is 10.0. The molecule has 2 amide bonds. The molecule has 32 heavy (non-hydrogen) atoms. The molecule has 2 N–H and O–H groups in total. The summed E-state index contributed by atoms with van der Waals surface area (Å²) in [7, 11) is 0. The van der Waals surface area contributed by atoms with Crippen molar-refractivity contribution >= 4 is 28.4 Å². The minimum Gasteiger partial charge on any atom is -0.327 e. The van der Waals surface area contributed by atoms with Crippen LogP contribution in [0.5, 0.6) is 0 Å². The summed E-state index contributed by atoms with van der Waals surface area (Å²) in [5.74, 6) is -0.447. The Bertz CT molecular complexity index is 1300. The van der Waals surface area contributed by atoms with Crippen LogP contribution >= 0.6 is 0 Å². The summed E-state index contributed by atoms with van der Waals surface area (Å²) in [5, 5.41) is 5.70. The Morgan fingerprint density at radius 3 is 2.72 bits per heavy atom. The van der Waals surface area contributed by atoms with E-state index in [-0.39, 0.29) is 37.5 Å². The number of hydrogen-bond acceptors (Lipinski definition) is 6. The monoisotopic (exact) mass is 434 g/mol. The summed E-state index contributed by atoms with van der Waals surface area (Å²) in [4.78, 5) is 53.8. The van der Waals surface area contributed by atoms with E-state index in [4.69, 9.17) is 0 Å². The first-order valence-corrected chi connectivity index (χ1v) is 10.4. The van der Waals surface area contributed by atoms with Gasteiger partial charge in [-0.05, 0) is 50.1 Å². The molecule has 0 bridgehead atoms. The zero-order valence-corrected chi connectivity index (χ0v) is 17.9. The van der Waals surface area contributed by atoms with Crippen molar-refractivity contribution in [1.82, 2.24) is 14.9 Å². The van der Waals surface area contributed by atoms with Gasteiger partial charge in [0.1, 0.15) is 11.9 Å². The van der Waals surface area contributed by atoms with Gasteiger partial charge in [0.15, 0.2) is 0 Å². The molecule has 1 unspecified atom stereocenters. The second kappa shape index (κ2) is 8.70. The fourth-order valence-corrected chi connectivity index (χ4v) is 3.94. The molecule has 1 aliphatic rings. The van der Waals surface area contributed by atoms with Gasteiger partial charge in [0.25, 0.3) is 12.2 Å². The van der Waals surface area contributed by atoms with Crippen molar-refractivity contribution in [3.8, 4) is 0 Å². The molecular weight excluding hydrogens is 410 g/mol. The summed E-state index contributed by atoms with van der Waals surface area (Å²) in [5.41, 5.74) is 2.75. The van der Waals surface area contributed by atoms with Gasteiger partial charge in [0.2, 0.25) is 18.4 Å². The molecule has 0 saturated carbocycles. The number of nitrogens with zero attached hydrogens (tertiary/aromatic N) is 3. The Balaban J connectivity index is 1.56. The van der Waals surface area contributed by atoms with Crippen molar-refractivity contribution in [3.05, 3.63) is 74.7 Å². The summed E-state index contributed by atoms with van der Waals surface area (Å²) < 4.78 is 2.20. The highest BCUT2D eigenvalue weighted by Crippen LogP contribution is 2.20. The number of aryl methyl sites for hydroxylation is 2. The van der Waals surface area contributed by atoms with Crippen LogP contribution < -0.4 is 16.2 Å². The highest BCUT2D eigenvalue weighted by Gasteiger charge is 2.30. The number of nitroso groups, excluding NO2 is 1. The van der Waals surface area contributed by atoms with E-state index in [1.807, 2.05) is 31.2 Å². The summed E-state index contributed by atoms with van der Waals surface area (Å²) in [6, 6.07) is 12.1. The number of fused-ring (bicyclic) bond motifs is 1. The second-order valence-electron chi connectivity index (χ2n) is 8.00. The normalized spacial score (nSPS) is 16.1. The van der Waals surface area contributed by atoms with E-state index in [0.717, 1.165) is 16.0 Å². The van der Waals surface area contributed by atoms with Gasteiger partial charge in [0, 0.05) is 27.3 Å². The van der Waals surface area contributed by atoms with Gasteiger partial charge in [-0.25, -0.2) is 4.98 Å². The fraction of sp³-hybridized carbons (Fsp3) is 0.304. The van der Waals surface area contributed by atoms with Gasteiger partial charge >= 0.3 is 0 Å². The highest BCUT2D eigenvalue weighted by molar-refractivity contribution is 5.99. The van der Waals surface area contributed by atoms with Crippen LogP contribution in [0.25, 0.3) is 10.9 Å². The lowest BCUT2D eigenvalue weighted by Gasteiger charge is -2.24. The lowest BCUT2D eigenvalue weighted by Crippen LogP contribution is -2.45. The van der Waals surface area contributed by atoms with E-state index in [2.05, 4.69) is 15.6 Å². The Morgan fingerprint density at radius 2 is 1.97 bits per heavy atom. The molecule has 1 fully saturated rings. The predicted molar refractivity (Wildman–Crippen MR) is 119 cm³/mol. The Kier molecular flexibility index (Phi) is 5.81. The maximum absolute atomic E-state index is 13.2. The lowest BCUT2D eigenvalue weighted by molar-refractivity contribution is -0.559. The van der Waals surface area contributed by atoms with Crippen LogP contribution in [0, 0.1) is 18.8 Å². The molecule has 1 aromatic heterocycles. The molecule has 164 valence electrons. The molecule has 3 aromatic rings. The van der Waals surface area contributed by atoms with Crippen molar-refractivity contribution in [3.63, 3.8) is 0 Å². The van der Waals surface area contributed by atoms with Crippen LogP contribution in [-0.2, 0) is 16.1 Å². The van der Waals surface area contributed by atoms with Crippen molar-refractivity contribution < 1.29 is 14.3 Å². The summed E-state index contributed by atoms with van der Waals surface area (Å²) in [6.45, 7) is 3.82. The standard InChI is InChI=1S/C23H23N5O4/c1-14-4-3-5-17(10-14)24-13-27(32)12-16-6-7-19-18(11-16)23(31)28(15(2)25-19)20-8-9-21(29)26-22(20)30/h3-7,10-11,20,24H,8-9,12-13H2,1-2H3/p+1. The number of amides is 2. The zero-order valence-electron chi connectivity index (χ0n) is 17.9. The Labute approximate surface area is 184 Å². The van der Waals surface area contributed by atoms with Crippen LogP contribution in [0.3, 0.4) is 0 Å². The topological polar surface area (TPSA) is 113 Å². The number of hydrogen-bond donors (Lipinski definition) is 2. The number of nitrogens with one attached hydrogen (secondary N) is 2. The predicted octanol–water partition coefficient (Wildman–Crippen LogP) is 2.34. The first-order chi connectivity index (χ1) is 15.3. The fourth-order valence-electron chi connectivity index (χ4n) is 3.94. The molecule has 0 radical (unpaired) electrons. The van der Waals surface area contributed by atoms with E-state index < -0.39 is 11.9 Å². The van der Waals surface area contributed by atoms with E-state index >= 15 is 0 Å². The molecule has 1 saturated heterocycles. The van der Waals surface area contributed by atoms with Gasteiger partial charge < -0.3 is 5.32 Å². The number of rotatable bonds is 6. The molecule has 1 aliphatic heterocycles. The number of piperidine rings is 1. The van der Waals surface area contributed by atoms with Crippen LogP contribution in [0.15, 0.2) is 47.3 Å². The van der Waals surface area contributed by atoms with Gasteiger partial charge in [-0.2, -0.15) is 0 Å². The average Bonchev–Trinajstić information content (AvgIpc) is 2.74. The number of carbonyl (C=O) groups is 2. The first kappa shape index (κ1) is 21.4.